The van der Waals surface area contributed by atoms with E-state index in [0.29, 0.717) is 12.5 Å². The number of aromatic nitrogens is 2. The minimum absolute atomic E-state index is 0.274. The van der Waals surface area contributed by atoms with Crippen molar-refractivity contribution in [1.29, 1.82) is 0 Å². The predicted molar refractivity (Wildman–Crippen MR) is 78.4 cm³/mol. The Hall–Kier alpha value is -1.39. The van der Waals surface area contributed by atoms with E-state index in [1.807, 2.05) is 24.5 Å². The lowest BCUT2D eigenvalue weighted by atomic mass is 10.2. The molecule has 0 saturated heterocycles. The monoisotopic (exact) mass is 261 g/mol. The first-order valence-electron chi connectivity index (χ1n) is 6.83. The Bertz CT molecular complexity index is 507. The largest absolute Gasteiger partial charge is 0.382 e. The molecule has 0 amide bonds. The van der Waals surface area contributed by atoms with Crippen molar-refractivity contribution < 1.29 is 4.74 Å². The van der Waals surface area contributed by atoms with Gasteiger partial charge in [-0.2, -0.15) is 0 Å². The van der Waals surface area contributed by atoms with Crippen LogP contribution >= 0.6 is 0 Å². The van der Waals surface area contributed by atoms with Crippen LogP contribution < -0.4 is 5.32 Å². The number of rotatable bonds is 7. The second-order valence-electron chi connectivity index (χ2n) is 5.30. The fourth-order valence-electron chi connectivity index (χ4n) is 2.24. The molecule has 2 rings (SSSR count). The third-order valence-corrected chi connectivity index (χ3v) is 3.17. The number of para-hydroxylation sites is 2. The third-order valence-electron chi connectivity index (χ3n) is 3.17. The zero-order valence-electron chi connectivity index (χ0n) is 12.0. The first-order valence-corrected chi connectivity index (χ1v) is 6.83. The molecule has 4 heteroatoms. The van der Waals surface area contributed by atoms with Gasteiger partial charge in [-0.15, -0.1) is 0 Å². The lowest BCUT2D eigenvalue weighted by molar-refractivity contribution is 0.155. The highest BCUT2D eigenvalue weighted by Crippen LogP contribution is 2.17. The Morgan fingerprint density at radius 2 is 2.05 bits per heavy atom. The molecule has 0 bridgehead atoms. The molecule has 4 nitrogen and oxygen atoms in total. The summed E-state index contributed by atoms with van der Waals surface area (Å²) in [6.45, 7) is 7.03. The van der Waals surface area contributed by atoms with Crippen molar-refractivity contribution in [2.75, 3.05) is 26.8 Å². The van der Waals surface area contributed by atoms with Gasteiger partial charge in [-0.25, -0.2) is 4.98 Å². The summed E-state index contributed by atoms with van der Waals surface area (Å²) in [4.78, 5) is 4.44. The molecule has 0 radical (unpaired) electrons. The molecule has 0 fully saturated rings. The molecule has 0 spiro atoms. The van der Waals surface area contributed by atoms with Crippen LogP contribution in [-0.4, -0.2) is 36.4 Å². The van der Waals surface area contributed by atoms with E-state index in [2.05, 4.69) is 34.8 Å². The van der Waals surface area contributed by atoms with Gasteiger partial charge in [-0.05, 0) is 24.6 Å². The Morgan fingerprint density at radius 1 is 1.26 bits per heavy atom. The van der Waals surface area contributed by atoms with Gasteiger partial charge in [-0.1, -0.05) is 26.0 Å². The number of benzene rings is 1. The van der Waals surface area contributed by atoms with E-state index in [9.17, 15) is 0 Å². The number of hydrogen-bond donors (Lipinski definition) is 1. The van der Waals surface area contributed by atoms with E-state index in [4.69, 9.17) is 4.74 Å². The maximum atomic E-state index is 5.35. The number of nitrogens with one attached hydrogen (secondary N) is 1. The Kier molecular flexibility index (Phi) is 4.93. The normalized spacial score (nSPS) is 13.3. The summed E-state index contributed by atoms with van der Waals surface area (Å²) in [5.74, 6) is 0.655. The van der Waals surface area contributed by atoms with Crippen LogP contribution in [-0.2, 0) is 4.74 Å². The van der Waals surface area contributed by atoms with Gasteiger partial charge < -0.3 is 14.6 Å². The van der Waals surface area contributed by atoms with Crippen LogP contribution in [0.5, 0.6) is 0 Å². The molecule has 0 saturated carbocycles. The molecule has 0 aliphatic rings. The molecule has 0 aliphatic carbocycles. The molecule has 1 N–H and O–H groups in total. The van der Waals surface area contributed by atoms with Crippen molar-refractivity contribution in [3.8, 4) is 0 Å². The lowest BCUT2D eigenvalue weighted by Crippen LogP contribution is -2.30. The van der Waals surface area contributed by atoms with E-state index in [-0.39, 0.29) is 6.04 Å². The van der Waals surface area contributed by atoms with E-state index in [1.54, 1.807) is 7.11 Å². The van der Waals surface area contributed by atoms with Crippen molar-refractivity contribution in [1.82, 2.24) is 14.9 Å². The highest BCUT2D eigenvalue weighted by Gasteiger charge is 2.13. The highest BCUT2D eigenvalue weighted by molar-refractivity contribution is 5.75. The van der Waals surface area contributed by atoms with Crippen molar-refractivity contribution in [2.45, 2.75) is 19.9 Å². The predicted octanol–water partition coefficient (Wildman–Crippen LogP) is 2.47. The minimum atomic E-state index is 0.274. The van der Waals surface area contributed by atoms with Crippen LogP contribution in [0, 0.1) is 5.92 Å². The Labute approximate surface area is 114 Å². The Balaban J connectivity index is 2.13. The maximum absolute atomic E-state index is 5.35. The lowest BCUT2D eigenvalue weighted by Gasteiger charge is -2.20. The number of nitrogens with zero attached hydrogens (tertiary/aromatic N) is 2. The first-order chi connectivity index (χ1) is 9.22. The van der Waals surface area contributed by atoms with Crippen molar-refractivity contribution in [2.24, 2.45) is 5.92 Å². The van der Waals surface area contributed by atoms with Gasteiger partial charge >= 0.3 is 0 Å². The average Bonchev–Trinajstić information content (AvgIpc) is 2.81. The van der Waals surface area contributed by atoms with Crippen molar-refractivity contribution in [3.05, 3.63) is 30.6 Å². The van der Waals surface area contributed by atoms with Gasteiger partial charge in [0.05, 0.1) is 30.0 Å². The van der Waals surface area contributed by atoms with Crippen molar-refractivity contribution in [3.63, 3.8) is 0 Å². The number of fused-ring (bicyclic) bond motifs is 1. The molecule has 0 aliphatic heterocycles. The van der Waals surface area contributed by atoms with Crippen LogP contribution in [0.1, 0.15) is 19.9 Å². The smallest absolute Gasteiger partial charge is 0.0962 e. The van der Waals surface area contributed by atoms with Crippen LogP contribution in [0.25, 0.3) is 11.0 Å². The Morgan fingerprint density at radius 3 is 2.79 bits per heavy atom. The third kappa shape index (κ3) is 3.55. The number of hydrogen-bond acceptors (Lipinski definition) is 3. The molecule has 1 atom stereocenters. The van der Waals surface area contributed by atoms with E-state index in [0.717, 1.165) is 24.1 Å². The summed E-state index contributed by atoms with van der Waals surface area (Å²) >= 11 is 0. The molecular formula is C15H23N3O. The summed E-state index contributed by atoms with van der Waals surface area (Å²) < 4.78 is 7.55. The molecule has 1 aromatic carbocycles. The van der Waals surface area contributed by atoms with E-state index in [1.165, 1.54) is 0 Å². The molecule has 19 heavy (non-hydrogen) atoms. The fraction of sp³-hybridized carbons (Fsp3) is 0.533. The average molecular weight is 261 g/mol. The topological polar surface area (TPSA) is 39.1 Å². The molecular weight excluding hydrogens is 238 g/mol. The number of methoxy groups -OCH3 is 1. The fourth-order valence-corrected chi connectivity index (χ4v) is 2.24. The second-order valence-corrected chi connectivity index (χ2v) is 5.30. The standard InChI is InChI=1S/C15H23N3O/c1-12(2)8-16-9-13(10-19-3)18-11-17-14-6-4-5-7-15(14)18/h4-7,11-13,16H,8-10H2,1-3H3. The van der Waals surface area contributed by atoms with Gasteiger partial charge in [0.2, 0.25) is 0 Å². The quantitative estimate of drug-likeness (QED) is 0.832. The number of imidazole rings is 1. The highest BCUT2D eigenvalue weighted by atomic mass is 16.5. The zero-order chi connectivity index (χ0) is 13.7. The summed E-state index contributed by atoms with van der Waals surface area (Å²) in [6.07, 6.45) is 1.91. The molecule has 1 aromatic heterocycles. The van der Waals surface area contributed by atoms with Crippen LogP contribution in [0.3, 0.4) is 0 Å². The van der Waals surface area contributed by atoms with Gasteiger partial charge in [-0.3, -0.25) is 0 Å². The molecule has 2 aromatic rings. The zero-order valence-corrected chi connectivity index (χ0v) is 12.0. The first kappa shape index (κ1) is 14.0. The second kappa shape index (κ2) is 6.68. The van der Waals surface area contributed by atoms with Crippen LogP contribution in [0.4, 0.5) is 0 Å². The molecule has 1 unspecified atom stereocenters. The van der Waals surface area contributed by atoms with Crippen molar-refractivity contribution >= 4 is 11.0 Å². The molecule has 104 valence electrons. The van der Waals surface area contributed by atoms with Gasteiger partial charge in [0.15, 0.2) is 0 Å². The maximum Gasteiger partial charge on any atom is 0.0962 e. The van der Waals surface area contributed by atoms with Gasteiger partial charge in [0.25, 0.3) is 0 Å². The number of ether oxygens (including phenoxy) is 1. The van der Waals surface area contributed by atoms with Gasteiger partial charge in [0, 0.05) is 13.7 Å². The summed E-state index contributed by atoms with van der Waals surface area (Å²) in [5, 5.41) is 3.49. The van der Waals surface area contributed by atoms with Crippen LogP contribution in [0.15, 0.2) is 30.6 Å². The summed E-state index contributed by atoms with van der Waals surface area (Å²) in [5.41, 5.74) is 2.20. The van der Waals surface area contributed by atoms with Crippen LogP contribution in [0.2, 0.25) is 0 Å². The van der Waals surface area contributed by atoms with E-state index < -0.39 is 0 Å². The molecule has 1 heterocycles. The van der Waals surface area contributed by atoms with E-state index >= 15 is 0 Å². The SMILES string of the molecule is COCC(CNCC(C)C)n1cnc2ccccc21. The summed E-state index contributed by atoms with van der Waals surface area (Å²) in [7, 11) is 1.74. The summed E-state index contributed by atoms with van der Waals surface area (Å²) in [6, 6.07) is 8.48. The minimum Gasteiger partial charge on any atom is -0.382 e. The van der Waals surface area contributed by atoms with Gasteiger partial charge in [0.1, 0.15) is 0 Å².